The fourth-order valence-corrected chi connectivity index (χ4v) is 3.01. The van der Waals surface area contributed by atoms with E-state index in [-0.39, 0.29) is 0 Å². The molecule has 1 atom stereocenters. The Morgan fingerprint density at radius 1 is 1.00 bits per heavy atom. The largest absolute Gasteiger partial charge is 0.428 e. The number of carbonyl (C=O) groups excluding carboxylic acids is 2. The van der Waals surface area contributed by atoms with Crippen molar-refractivity contribution in [2.75, 3.05) is 7.11 Å². The zero-order valence-corrected chi connectivity index (χ0v) is 19.1. The van der Waals surface area contributed by atoms with Gasteiger partial charge in [0.25, 0.3) is 0 Å². The molecule has 0 aromatic carbocycles. The first-order chi connectivity index (χ1) is 14.3. The van der Waals surface area contributed by atoms with Crippen LogP contribution in [-0.2, 0) is 19.1 Å². The molecule has 4 nitrogen and oxygen atoms in total. The topological polar surface area (TPSA) is 52.6 Å². The van der Waals surface area contributed by atoms with Gasteiger partial charge in [0.05, 0.1) is 0 Å². The third-order valence-corrected chi connectivity index (χ3v) is 4.79. The van der Waals surface area contributed by atoms with Gasteiger partial charge in [0.15, 0.2) is 0 Å². The summed E-state index contributed by atoms with van der Waals surface area (Å²) in [6.07, 6.45) is 19.5. The number of hydrogen-bond donors (Lipinski definition) is 0. The first-order valence-electron chi connectivity index (χ1n) is 10.6. The van der Waals surface area contributed by atoms with E-state index in [4.69, 9.17) is 9.47 Å². The molecule has 0 bridgehead atoms. The molecule has 1 heterocycles. The lowest BCUT2D eigenvalue weighted by atomic mass is 10.0. The van der Waals surface area contributed by atoms with E-state index in [9.17, 15) is 9.59 Å². The van der Waals surface area contributed by atoms with E-state index in [1.807, 2.05) is 0 Å². The fourth-order valence-electron chi connectivity index (χ4n) is 3.01. The molecule has 1 rings (SSSR count). The summed E-state index contributed by atoms with van der Waals surface area (Å²) >= 11 is 0. The Morgan fingerprint density at radius 2 is 1.60 bits per heavy atom. The highest BCUT2D eigenvalue weighted by Crippen LogP contribution is 2.18. The zero-order chi connectivity index (χ0) is 22.4. The number of methoxy groups -OCH3 is 1. The number of ether oxygens (including phenoxy) is 2. The second kappa shape index (κ2) is 14.5. The van der Waals surface area contributed by atoms with Gasteiger partial charge in [0, 0.05) is 18.8 Å². The number of allylic oxidation sites excluding steroid dienone is 9. The lowest BCUT2D eigenvalue weighted by Crippen LogP contribution is -2.12. The summed E-state index contributed by atoms with van der Waals surface area (Å²) in [7, 11) is 1.48. The molecule has 30 heavy (non-hydrogen) atoms. The Kier molecular flexibility index (Phi) is 12.4. The zero-order valence-electron chi connectivity index (χ0n) is 19.1. The molecule has 0 aromatic heterocycles. The highest BCUT2D eigenvalue weighted by atomic mass is 16.7. The van der Waals surface area contributed by atoms with E-state index in [1.54, 1.807) is 18.2 Å². The smallest absolute Gasteiger partial charge is 0.333 e. The molecule has 0 saturated carbocycles. The lowest BCUT2D eigenvalue weighted by molar-refractivity contribution is -0.154. The molecule has 0 aromatic rings. The minimum Gasteiger partial charge on any atom is -0.428 e. The van der Waals surface area contributed by atoms with Crippen LogP contribution in [0.1, 0.15) is 66.2 Å². The second-order valence-electron chi connectivity index (χ2n) is 7.87. The fraction of sp³-hybridized carbons (Fsp3) is 0.462. The summed E-state index contributed by atoms with van der Waals surface area (Å²) in [5.74, 6) is -0.417. The van der Waals surface area contributed by atoms with Gasteiger partial charge in [-0.15, -0.1) is 0 Å². The van der Waals surface area contributed by atoms with E-state index in [0.29, 0.717) is 17.6 Å². The highest BCUT2D eigenvalue weighted by Gasteiger charge is 2.23. The lowest BCUT2D eigenvalue weighted by Gasteiger charge is -2.08. The summed E-state index contributed by atoms with van der Waals surface area (Å²) in [6, 6.07) is 0. The van der Waals surface area contributed by atoms with Gasteiger partial charge in [-0.2, -0.15) is 0 Å². The van der Waals surface area contributed by atoms with Gasteiger partial charge >= 0.3 is 5.97 Å². The molecule has 0 saturated heterocycles. The Bertz CT molecular complexity index is 756. The average Bonchev–Trinajstić information content (AvgIpc) is 3.06. The molecule has 0 fully saturated rings. The molecule has 0 radical (unpaired) electrons. The molecule has 1 aliphatic heterocycles. The summed E-state index contributed by atoms with van der Waals surface area (Å²) in [5.41, 5.74) is 5.52. The van der Waals surface area contributed by atoms with E-state index in [2.05, 4.69) is 45.9 Å². The monoisotopic (exact) mass is 412 g/mol. The Hall–Kier alpha value is -2.46. The first kappa shape index (κ1) is 25.6. The van der Waals surface area contributed by atoms with Gasteiger partial charge < -0.3 is 9.47 Å². The summed E-state index contributed by atoms with van der Waals surface area (Å²) in [6.45, 7) is 8.61. The van der Waals surface area contributed by atoms with Crippen molar-refractivity contribution in [3.8, 4) is 0 Å². The Balaban J connectivity index is 2.42. The van der Waals surface area contributed by atoms with Crippen LogP contribution in [0.15, 0.2) is 70.4 Å². The van der Waals surface area contributed by atoms with Crippen LogP contribution in [0, 0.1) is 0 Å². The van der Waals surface area contributed by atoms with E-state index >= 15 is 0 Å². The summed E-state index contributed by atoms with van der Waals surface area (Å²) in [5, 5.41) is 0. The summed E-state index contributed by atoms with van der Waals surface area (Å²) in [4.78, 5) is 22.6. The number of carbonyl (C=O) groups is 2. The molecule has 1 aliphatic rings. The van der Waals surface area contributed by atoms with E-state index in [1.165, 1.54) is 29.9 Å². The van der Waals surface area contributed by atoms with Gasteiger partial charge in [-0.05, 0) is 71.8 Å². The Morgan fingerprint density at radius 3 is 2.17 bits per heavy atom. The molecule has 0 amide bonds. The molecular formula is C26H36O4. The van der Waals surface area contributed by atoms with E-state index < -0.39 is 12.3 Å². The van der Waals surface area contributed by atoms with Crippen LogP contribution in [-0.4, -0.2) is 25.7 Å². The number of cyclic esters (lactones) is 1. The summed E-state index contributed by atoms with van der Waals surface area (Å²) < 4.78 is 10.0. The molecule has 164 valence electrons. The third kappa shape index (κ3) is 10.9. The maximum atomic E-state index is 11.3. The molecular weight excluding hydrogens is 376 g/mol. The van der Waals surface area contributed by atoms with Crippen molar-refractivity contribution in [2.45, 2.75) is 72.5 Å². The number of aldehydes is 1. The van der Waals surface area contributed by atoms with Crippen molar-refractivity contribution in [1.82, 2.24) is 0 Å². The van der Waals surface area contributed by atoms with Crippen LogP contribution < -0.4 is 0 Å². The Labute approximate surface area is 181 Å². The van der Waals surface area contributed by atoms with Crippen LogP contribution in [0.5, 0.6) is 0 Å². The van der Waals surface area contributed by atoms with Crippen LogP contribution in [0.4, 0.5) is 0 Å². The van der Waals surface area contributed by atoms with Gasteiger partial charge in [-0.25, -0.2) is 4.79 Å². The number of hydrogen-bond acceptors (Lipinski definition) is 4. The van der Waals surface area contributed by atoms with Crippen LogP contribution in [0.3, 0.4) is 0 Å². The highest BCUT2D eigenvalue weighted by molar-refractivity contribution is 5.86. The minimum absolute atomic E-state index is 0.417. The van der Waals surface area contributed by atoms with E-state index in [0.717, 1.165) is 38.4 Å². The normalized spacial score (nSPS) is 17.9. The van der Waals surface area contributed by atoms with Crippen LogP contribution >= 0.6 is 0 Å². The number of esters is 1. The van der Waals surface area contributed by atoms with Crippen LogP contribution in [0.25, 0.3) is 0 Å². The quantitative estimate of drug-likeness (QED) is 0.117. The van der Waals surface area contributed by atoms with Crippen molar-refractivity contribution in [2.24, 2.45) is 0 Å². The molecule has 0 N–H and O–H groups in total. The van der Waals surface area contributed by atoms with Gasteiger partial charge in [-0.1, -0.05) is 53.2 Å². The maximum Gasteiger partial charge on any atom is 0.333 e. The standard InChI is InChI=1S/C26H36O4/c1-20(2)10-6-11-21(3)12-7-13-22(4)14-8-15-23(19-27)16-9-17-24-18-25(28)30-26(24)29-5/h9-10,12,14,16-19,26H,6-8,11,13,15H2,1-5H3/b17-9+,21-12+,22-14+,23-16+. The molecule has 0 aliphatic carbocycles. The van der Waals surface area contributed by atoms with Crippen molar-refractivity contribution < 1.29 is 19.1 Å². The van der Waals surface area contributed by atoms with Gasteiger partial charge in [0.1, 0.15) is 6.29 Å². The number of rotatable bonds is 13. The predicted molar refractivity (Wildman–Crippen MR) is 123 cm³/mol. The van der Waals surface area contributed by atoms with Crippen molar-refractivity contribution in [3.05, 3.63) is 70.4 Å². The third-order valence-electron chi connectivity index (χ3n) is 4.79. The van der Waals surface area contributed by atoms with Crippen molar-refractivity contribution in [3.63, 3.8) is 0 Å². The predicted octanol–water partition coefficient (Wildman–Crippen LogP) is 6.32. The first-order valence-corrected chi connectivity index (χ1v) is 10.6. The second-order valence-corrected chi connectivity index (χ2v) is 7.87. The van der Waals surface area contributed by atoms with Gasteiger partial charge in [-0.3, -0.25) is 4.79 Å². The van der Waals surface area contributed by atoms with Crippen LogP contribution in [0.2, 0.25) is 0 Å². The minimum atomic E-state index is -0.669. The molecule has 1 unspecified atom stereocenters. The average molecular weight is 413 g/mol. The maximum absolute atomic E-state index is 11.3. The van der Waals surface area contributed by atoms with Gasteiger partial charge in [0.2, 0.25) is 6.29 Å². The molecule has 0 spiro atoms. The SMILES string of the molecule is COC1OC(=O)C=C1/C=C/C=C(/C=O)CC/C=C(\C)CC/C=C(\C)CCC=C(C)C. The van der Waals surface area contributed by atoms with Crippen molar-refractivity contribution in [1.29, 1.82) is 0 Å². The molecule has 4 heteroatoms. The van der Waals surface area contributed by atoms with Crippen molar-refractivity contribution >= 4 is 12.3 Å².